The first-order valence-electron chi connectivity index (χ1n) is 5.79. The molecule has 1 atom stereocenters. The van der Waals surface area contributed by atoms with Crippen LogP contribution in [0.2, 0.25) is 0 Å². The first kappa shape index (κ1) is 13.0. The van der Waals surface area contributed by atoms with Crippen molar-refractivity contribution in [2.75, 3.05) is 25.7 Å². The maximum Gasteiger partial charge on any atom is 0.415 e. The molecule has 0 N–H and O–H groups in total. The summed E-state index contributed by atoms with van der Waals surface area (Å²) >= 11 is 0. The molecule has 6 heteroatoms. The molecular weight excluding hydrogens is 248 g/mol. The van der Waals surface area contributed by atoms with Gasteiger partial charge in [0.1, 0.15) is 17.6 Å². The van der Waals surface area contributed by atoms with Crippen molar-refractivity contribution in [3.05, 3.63) is 18.2 Å². The first-order valence-corrected chi connectivity index (χ1v) is 5.79. The van der Waals surface area contributed by atoms with E-state index in [2.05, 4.69) is 0 Å². The highest BCUT2D eigenvalue weighted by atomic mass is 16.6. The average molecular weight is 262 g/mol. The van der Waals surface area contributed by atoms with Gasteiger partial charge in [-0.2, -0.15) is 5.26 Å². The van der Waals surface area contributed by atoms with Crippen LogP contribution < -0.4 is 14.4 Å². The maximum absolute atomic E-state index is 11.9. The largest absolute Gasteiger partial charge is 0.497 e. The van der Waals surface area contributed by atoms with Gasteiger partial charge in [0.15, 0.2) is 6.10 Å². The lowest BCUT2D eigenvalue weighted by atomic mass is 10.2. The molecule has 1 aliphatic heterocycles. The lowest BCUT2D eigenvalue weighted by Gasteiger charge is -2.29. The van der Waals surface area contributed by atoms with Crippen LogP contribution in [-0.2, 0) is 4.74 Å². The number of anilines is 1. The number of carbonyl (C=O) groups is 1. The van der Waals surface area contributed by atoms with Crippen LogP contribution in [0.5, 0.6) is 11.5 Å². The molecule has 0 bridgehead atoms. The zero-order chi connectivity index (χ0) is 13.8. The van der Waals surface area contributed by atoms with E-state index in [1.54, 1.807) is 25.3 Å². The molecule has 6 nitrogen and oxygen atoms in total. The van der Waals surface area contributed by atoms with Gasteiger partial charge in [-0.3, -0.25) is 4.90 Å². The SMILES string of the molecule is COc1ccc(N2CCC(C#N)OC2=O)c(OC)c1. The van der Waals surface area contributed by atoms with Gasteiger partial charge < -0.3 is 14.2 Å². The van der Waals surface area contributed by atoms with E-state index < -0.39 is 12.2 Å². The van der Waals surface area contributed by atoms with E-state index in [4.69, 9.17) is 19.5 Å². The van der Waals surface area contributed by atoms with Crippen molar-refractivity contribution in [3.8, 4) is 17.6 Å². The summed E-state index contributed by atoms with van der Waals surface area (Å²) in [5, 5.41) is 8.75. The fourth-order valence-corrected chi connectivity index (χ4v) is 1.90. The Morgan fingerprint density at radius 3 is 2.79 bits per heavy atom. The molecule has 1 heterocycles. The average Bonchev–Trinajstić information content (AvgIpc) is 2.46. The molecule has 1 unspecified atom stereocenters. The van der Waals surface area contributed by atoms with E-state index >= 15 is 0 Å². The van der Waals surface area contributed by atoms with Gasteiger partial charge in [0, 0.05) is 19.0 Å². The Morgan fingerprint density at radius 1 is 1.42 bits per heavy atom. The molecule has 1 fully saturated rings. The Bertz CT molecular complexity index is 524. The summed E-state index contributed by atoms with van der Waals surface area (Å²) in [6, 6.07) is 7.09. The fraction of sp³-hybridized carbons (Fsp3) is 0.385. The van der Waals surface area contributed by atoms with E-state index in [1.165, 1.54) is 12.0 Å². The smallest absolute Gasteiger partial charge is 0.415 e. The maximum atomic E-state index is 11.9. The zero-order valence-electron chi connectivity index (χ0n) is 10.8. The Hall–Kier alpha value is -2.42. The van der Waals surface area contributed by atoms with Gasteiger partial charge >= 0.3 is 6.09 Å². The number of nitrogens with zero attached hydrogens (tertiary/aromatic N) is 2. The van der Waals surface area contributed by atoms with Crippen molar-refractivity contribution in [2.45, 2.75) is 12.5 Å². The van der Waals surface area contributed by atoms with Gasteiger partial charge in [0.25, 0.3) is 0 Å². The van der Waals surface area contributed by atoms with Crippen LogP contribution in [0.3, 0.4) is 0 Å². The molecular formula is C13H14N2O4. The molecule has 0 aromatic heterocycles. The highest BCUT2D eigenvalue weighted by Gasteiger charge is 2.29. The van der Waals surface area contributed by atoms with Crippen molar-refractivity contribution < 1.29 is 19.0 Å². The van der Waals surface area contributed by atoms with Gasteiger partial charge in [0.2, 0.25) is 0 Å². The van der Waals surface area contributed by atoms with Crippen molar-refractivity contribution in [2.24, 2.45) is 0 Å². The number of hydrogen-bond donors (Lipinski definition) is 0. The van der Waals surface area contributed by atoms with E-state index in [0.717, 1.165) is 0 Å². The molecule has 1 aromatic carbocycles. The molecule has 0 saturated carbocycles. The van der Waals surface area contributed by atoms with Crippen molar-refractivity contribution in [1.29, 1.82) is 5.26 Å². The number of ether oxygens (including phenoxy) is 3. The quantitative estimate of drug-likeness (QED) is 0.832. The number of methoxy groups -OCH3 is 2. The minimum absolute atomic E-state index is 0.416. The Kier molecular flexibility index (Phi) is 3.76. The number of carbonyl (C=O) groups excluding carboxylic acids is 1. The summed E-state index contributed by atoms with van der Waals surface area (Å²) in [5.41, 5.74) is 0.602. The lowest BCUT2D eigenvalue weighted by molar-refractivity contribution is 0.111. The van der Waals surface area contributed by atoms with Crippen molar-refractivity contribution >= 4 is 11.8 Å². The summed E-state index contributed by atoms with van der Waals surface area (Å²) in [5.74, 6) is 1.16. The summed E-state index contributed by atoms with van der Waals surface area (Å²) in [6.07, 6.45) is -0.744. The lowest BCUT2D eigenvalue weighted by Crippen LogP contribution is -2.41. The number of hydrogen-bond acceptors (Lipinski definition) is 5. The minimum Gasteiger partial charge on any atom is -0.497 e. The number of rotatable bonds is 3. The van der Waals surface area contributed by atoms with E-state index in [0.29, 0.717) is 30.2 Å². The Balaban J connectivity index is 2.27. The third kappa shape index (κ3) is 2.55. The van der Waals surface area contributed by atoms with Gasteiger partial charge in [0.05, 0.1) is 19.9 Å². The molecule has 1 aliphatic rings. The van der Waals surface area contributed by atoms with Crippen LogP contribution in [0.15, 0.2) is 18.2 Å². The van der Waals surface area contributed by atoms with Gasteiger partial charge in [-0.1, -0.05) is 0 Å². The van der Waals surface area contributed by atoms with Crippen LogP contribution >= 0.6 is 0 Å². The summed E-state index contributed by atoms with van der Waals surface area (Å²) < 4.78 is 15.3. The summed E-state index contributed by atoms with van der Waals surface area (Å²) in [6.45, 7) is 0.416. The van der Waals surface area contributed by atoms with E-state index in [9.17, 15) is 4.79 Å². The molecule has 19 heavy (non-hydrogen) atoms. The predicted octanol–water partition coefficient (Wildman–Crippen LogP) is 1.94. The number of cyclic esters (lactones) is 1. The Labute approximate surface area is 111 Å². The minimum atomic E-state index is -0.673. The normalized spacial score (nSPS) is 18.5. The number of nitriles is 1. The summed E-state index contributed by atoms with van der Waals surface area (Å²) in [7, 11) is 3.08. The molecule has 0 spiro atoms. The van der Waals surface area contributed by atoms with Crippen LogP contribution in [-0.4, -0.2) is 33.0 Å². The molecule has 1 aromatic rings. The molecule has 0 radical (unpaired) electrons. The second kappa shape index (κ2) is 5.48. The van der Waals surface area contributed by atoms with Crippen molar-refractivity contribution in [1.82, 2.24) is 0 Å². The third-order valence-electron chi connectivity index (χ3n) is 2.90. The van der Waals surface area contributed by atoms with Crippen molar-refractivity contribution in [3.63, 3.8) is 0 Å². The molecule has 2 rings (SSSR count). The fourth-order valence-electron chi connectivity index (χ4n) is 1.90. The van der Waals surface area contributed by atoms with Crippen LogP contribution in [0, 0.1) is 11.3 Å². The predicted molar refractivity (Wildman–Crippen MR) is 67.4 cm³/mol. The molecule has 1 saturated heterocycles. The third-order valence-corrected chi connectivity index (χ3v) is 2.90. The topological polar surface area (TPSA) is 71.8 Å². The monoisotopic (exact) mass is 262 g/mol. The zero-order valence-corrected chi connectivity index (χ0v) is 10.8. The number of benzene rings is 1. The second-order valence-corrected chi connectivity index (χ2v) is 3.98. The van der Waals surface area contributed by atoms with Gasteiger partial charge in [-0.15, -0.1) is 0 Å². The van der Waals surface area contributed by atoms with Crippen LogP contribution in [0.25, 0.3) is 0 Å². The summed E-state index contributed by atoms with van der Waals surface area (Å²) in [4.78, 5) is 13.3. The van der Waals surface area contributed by atoms with Crippen LogP contribution in [0.1, 0.15) is 6.42 Å². The van der Waals surface area contributed by atoms with Crippen LogP contribution in [0.4, 0.5) is 10.5 Å². The number of amides is 1. The van der Waals surface area contributed by atoms with Gasteiger partial charge in [-0.05, 0) is 12.1 Å². The second-order valence-electron chi connectivity index (χ2n) is 3.98. The molecule has 0 aliphatic carbocycles. The van der Waals surface area contributed by atoms with E-state index in [-0.39, 0.29) is 0 Å². The first-order chi connectivity index (χ1) is 9.19. The molecule has 1 amide bonds. The van der Waals surface area contributed by atoms with Gasteiger partial charge in [-0.25, -0.2) is 4.79 Å². The Morgan fingerprint density at radius 2 is 2.21 bits per heavy atom. The highest BCUT2D eigenvalue weighted by Crippen LogP contribution is 2.34. The molecule has 100 valence electrons. The highest BCUT2D eigenvalue weighted by molar-refractivity contribution is 5.90. The van der Waals surface area contributed by atoms with E-state index in [1.807, 2.05) is 6.07 Å². The standard InChI is InChI=1S/C13H14N2O4/c1-17-9-3-4-11(12(7-9)18-2)15-6-5-10(8-14)19-13(15)16/h3-4,7,10H,5-6H2,1-2H3.